The van der Waals surface area contributed by atoms with Crippen molar-refractivity contribution in [1.29, 1.82) is 0 Å². The number of benzene rings is 2. The van der Waals surface area contributed by atoms with Gasteiger partial charge in [0.05, 0.1) is 25.7 Å². The zero-order valence-corrected chi connectivity index (χ0v) is 24.4. The van der Waals surface area contributed by atoms with Crippen molar-refractivity contribution in [2.24, 2.45) is 11.6 Å². The number of hydrogen-bond acceptors (Lipinski definition) is 10. The van der Waals surface area contributed by atoms with E-state index in [9.17, 15) is 19.2 Å². The van der Waals surface area contributed by atoms with Gasteiger partial charge in [-0.15, -0.1) is 0 Å². The van der Waals surface area contributed by atoms with Crippen LogP contribution in [0.1, 0.15) is 11.1 Å². The van der Waals surface area contributed by atoms with Gasteiger partial charge < -0.3 is 41.2 Å². The highest BCUT2D eigenvalue weighted by Crippen LogP contribution is 2.20. The molecule has 0 bridgehead atoms. The number of hydrogen-bond donors (Lipinski definition) is 5. The Labute approximate surface area is 255 Å². The summed E-state index contributed by atoms with van der Waals surface area (Å²) in [6, 6.07) is 18.5. The van der Waals surface area contributed by atoms with E-state index in [0.29, 0.717) is 6.54 Å². The number of amides is 4. The third-order valence-electron chi connectivity index (χ3n) is 6.90. The molecule has 1 saturated heterocycles. The maximum absolute atomic E-state index is 13.3. The Morgan fingerprint density at radius 3 is 2.64 bits per heavy atom. The number of aromatic nitrogens is 1. The van der Waals surface area contributed by atoms with Gasteiger partial charge >= 0.3 is 12.0 Å². The Bertz CT molecular complexity index is 1500. The van der Waals surface area contributed by atoms with Crippen LogP contribution in [0.15, 0.2) is 78.8 Å². The van der Waals surface area contributed by atoms with Gasteiger partial charge in [0.25, 0.3) is 0 Å². The minimum atomic E-state index is -0.798. The van der Waals surface area contributed by atoms with Gasteiger partial charge in [0.2, 0.25) is 11.8 Å². The molecule has 0 radical (unpaired) electrons. The van der Waals surface area contributed by atoms with E-state index in [-0.39, 0.29) is 50.9 Å². The number of ether oxygens (including phenoxy) is 1. The maximum Gasteiger partial charge on any atom is 0.326 e. The highest BCUT2D eigenvalue weighted by Gasteiger charge is 2.36. The molecule has 1 aromatic heterocycles. The highest BCUT2D eigenvalue weighted by molar-refractivity contribution is 5.88. The standard InChI is InChI=1S/C30H37N9O5/c1-44-28(42)20-38(32)17-24(31)14-33-15-26(40)39-19-27(41)37(16-23-10-5-9-22-11-6-12-34-29(22)23)18-25(39)36-30(43)35-13-21-7-3-2-4-8-21/h2-12,17,25,33H,13-16,18-20,31-32H2,1H3,(H2,35,36,43)/b24-17-/t25-/m1/s1. The van der Waals surface area contributed by atoms with Crippen molar-refractivity contribution in [3.8, 4) is 0 Å². The van der Waals surface area contributed by atoms with Crippen LogP contribution in [0.2, 0.25) is 0 Å². The van der Waals surface area contributed by atoms with Crippen molar-refractivity contribution in [2.45, 2.75) is 19.3 Å². The number of rotatable bonds is 12. The SMILES string of the molecule is COC(=O)CN(N)/C=C(\N)CNCC(=O)N1CC(=O)N(Cc2cccc3cccnc23)C[C@@H]1NC(=O)NCc1ccccc1. The second-order valence-corrected chi connectivity index (χ2v) is 10.2. The predicted molar refractivity (Wildman–Crippen MR) is 163 cm³/mol. The molecule has 2 heterocycles. The van der Waals surface area contributed by atoms with Gasteiger partial charge in [0.15, 0.2) is 0 Å². The van der Waals surface area contributed by atoms with Crippen molar-refractivity contribution in [1.82, 2.24) is 35.7 Å². The number of nitrogens with one attached hydrogen (secondary N) is 3. The van der Waals surface area contributed by atoms with Crippen molar-refractivity contribution in [2.75, 3.05) is 39.8 Å². The smallest absolute Gasteiger partial charge is 0.326 e. The first kappa shape index (κ1) is 31.7. The second kappa shape index (κ2) is 15.3. The van der Waals surface area contributed by atoms with E-state index >= 15 is 0 Å². The van der Waals surface area contributed by atoms with Crippen molar-refractivity contribution >= 4 is 34.7 Å². The lowest BCUT2D eigenvalue weighted by Gasteiger charge is -2.41. The topological polar surface area (TPSA) is 188 Å². The lowest BCUT2D eigenvalue weighted by Crippen LogP contribution is -2.65. The van der Waals surface area contributed by atoms with Crippen molar-refractivity contribution in [3.63, 3.8) is 0 Å². The monoisotopic (exact) mass is 603 g/mol. The Balaban J connectivity index is 1.42. The van der Waals surface area contributed by atoms with Crippen LogP contribution in [0.25, 0.3) is 10.9 Å². The van der Waals surface area contributed by atoms with Crippen LogP contribution in [0.4, 0.5) is 4.79 Å². The van der Waals surface area contributed by atoms with E-state index in [4.69, 9.17) is 11.6 Å². The van der Waals surface area contributed by atoms with E-state index < -0.39 is 24.1 Å². The molecule has 0 unspecified atom stereocenters. The third kappa shape index (κ3) is 8.89. The molecule has 0 spiro atoms. The van der Waals surface area contributed by atoms with Gasteiger partial charge in [-0.1, -0.05) is 54.6 Å². The van der Waals surface area contributed by atoms with Crippen molar-refractivity contribution < 1.29 is 23.9 Å². The number of nitrogens with zero attached hydrogens (tertiary/aromatic N) is 4. The van der Waals surface area contributed by atoms with Crippen LogP contribution in [0, 0.1) is 0 Å². The summed E-state index contributed by atoms with van der Waals surface area (Å²) in [6.07, 6.45) is 2.25. The van der Waals surface area contributed by atoms with E-state index in [0.717, 1.165) is 27.0 Å². The van der Waals surface area contributed by atoms with Crippen LogP contribution < -0.4 is 27.5 Å². The molecule has 2 aromatic carbocycles. The first-order chi connectivity index (χ1) is 21.2. The summed E-state index contributed by atoms with van der Waals surface area (Å²) >= 11 is 0. The fourth-order valence-corrected chi connectivity index (χ4v) is 4.72. The molecule has 0 aliphatic carbocycles. The van der Waals surface area contributed by atoms with E-state index in [1.807, 2.05) is 60.7 Å². The van der Waals surface area contributed by atoms with E-state index in [2.05, 4.69) is 25.7 Å². The summed E-state index contributed by atoms with van der Waals surface area (Å²) in [7, 11) is 1.25. The number of hydrazine groups is 1. The number of pyridine rings is 1. The van der Waals surface area contributed by atoms with Crippen molar-refractivity contribution in [3.05, 3.63) is 89.9 Å². The molecular formula is C30H37N9O5. The molecule has 232 valence electrons. The average molecular weight is 604 g/mol. The number of urea groups is 1. The number of methoxy groups -OCH3 is 1. The Morgan fingerprint density at radius 2 is 1.86 bits per heavy atom. The molecule has 0 saturated carbocycles. The summed E-state index contributed by atoms with van der Waals surface area (Å²) in [5.41, 5.74) is 8.77. The molecule has 14 nitrogen and oxygen atoms in total. The summed E-state index contributed by atoms with van der Waals surface area (Å²) < 4.78 is 4.56. The van der Waals surface area contributed by atoms with Crippen LogP contribution in [-0.2, 0) is 32.2 Å². The van der Waals surface area contributed by atoms with Gasteiger partial charge in [-0.05, 0) is 17.2 Å². The van der Waals surface area contributed by atoms with Gasteiger partial charge in [0, 0.05) is 43.1 Å². The maximum atomic E-state index is 13.3. The fraction of sp³-hybridized carbons (Fsp3) is 0.300. The largest absolute Gasteiger partial charge is 0.468 e. The third-order valence-corrected chi connectivity index (χ3v) is 6.90. The number of nitrogens with two attached hydrogens (primary N) is 2. The molecule has 7 N–H and O–H groups in total. The number of esters is 1. The van der Waals surface area contributed by atoms with E-state index in [1.54, 1.807) is 11.1 Å². The summed E-state index contributed by atoms with van der Waals surface area (Å²) in [5.74, 6) is 4.50. The number of fused-ring (bicyclic) bond motifs is 1. The normalized spacial score (nSPS) is 15.2. The molecule has 14 heteroatoms. The minimum absolute atomic E-state index is 0.0737. The molecule has 1 fully saturated rings. The minimum Gasteiger partial charge on any atom is -0.468 e. The number of carbonyl (C=O) groups is 4. The summed E-state index contributed by atoms with van der Waals surface area (Å²) in [6.45, 7) is 0.113. The Morgan fingerprint density at radius 1 is 1.09 bits per heavy atom. The average Bonchev–Trinajstić information content (AvgIpc) is 3.01. The zero-order valence-electron chi connectivity index (χ0n) is 24.4. The first-order valence-corrected chi connectivity index (χ1v) is 14.0. The van der Waals surface area contributed by atoms with Gasteiger partial charge in [0.1, 0.15) is 19.3 Å². The molecule has 4 amide bonds. The van der Waals surface area contributed by atoms with Crippen LogP contribution >= 0.6 is 0 Å². The molecule has 44 heavy (non-hydrogen) atoms. The Kier molecular flexibility index (Phi) is 11.0. The molecule has 1 aliphatic heterocycles. The van der Waals surface area contributed by atoms with Crippen LogP contribution in [0.5, 0.6) is 0 Å². The second-order valence-electron chi connectivity index (χ2n) is 10.2. The highest BCUT2D eigenvalue weighted by atomic mass is 16.5. The van der Waals surface area contributed by atoms with Gasteiger partial charge in [-0.25, -0.2) is 10.6 Å². The van der Waals surface area contributed by atoms with E-state index in [1.165, 1.54) is 18.2 Å². The number of para-hydroxylation sites is 1. The van der Waals surface area contributed by atoms with Gasteiger partial charge in [-0.2, -0.15) is 0 Å². The molecule has 1 atom stereocenters. The lowest BCUT2D eigenvalue weighted by atomic mass is 10.1. The number of carbonyl (C=O) groups excluding carboxylic acids is 4. The summed E-state index contributed by atoms with van der Waals surface area (Å²) in [4.78, 5) is 58.3. The van der Waals surface area contributed by atoms with Crippen LogP contribution in [0.3, 0.4) is 0 Å². The molecule has 1 aliphatic rings. The molecular weight excluding hydrogens is 566 g/mol. The summed E-state index contributed by atoms with van der Waals surface area (Å²) in [5, 5.41) is 10.6. The zero-order chi connectivity index (χ0) is 31.5. The fourth-order valence-electron chi connectivity index (χ4n) is 4.72. The number of piperazine rings is 1. The molecule has 3 aromatic rings. The Hall–Kier alpha value is -5.21. The first-order valence-electron chi connectivity index (χ1n) is 14.0. The lowest BCUT2D eigenvalue weighted by molar-refractivity contribution is -0.149. The van der Waals surface area contributed by atoms with Gasteiger partial charge in [-0.3, -0.25) is 19.4 Å². The quantitative estimate of drug-likeness (QED) is 0.107. The predicted octanol–water partition coefficient (Wildman–Crippen LogP) is -0.0305. The van der Waals surface area contributed by atoms with Crippen LogP contribution in [-0.4, -0.2) is 89.6 Å². The molecule has 4 rings (SSSR count).